The fourth-order valence-corrected chi connectivity index (χ4v) is 7.26. The second-order valence-corrected chi connectivity index (χ2v) is 13.1. The summed E-state index contributed by atoms with van der Waals surface area (Å²) in [5, 5.41) is 18.4. The Kier molecular flexibility index (Phi) is 12.4. The SMILES string of the molecule is CSN=C(N)c1cc(Nc2cccc(Oc3ccccc3)c2)cs1.CSc1c(Nc2ccc(Oc3ccccc3)cc2)csc1C(=N)N. The van der Waals surface area contributed by atoms with Crippen LogP contribution < -0.4 is 31.6 Å². The highest BCUT2D eigenvalue weighted by Crippen LogP contribution is 2.37. The van der Waals surface area contributed by atoms with E-state index in [-0.39, 0.29) is 5.84 Å². The van der Waals surface area contributed by atoms with Gasteiger partial charge in [0.1, 0.15) is 34.7 Å². The number of rotatable bonds is 12. The molecule has 0 fully saturated rings. The second kappa shape index (κ2) is 17.3. The molecule has 0 aliphatic rings. The molecule has 0 unspecified atom stereocenters. The average molecular weight is 711 g/mol. The Morgan fingerprint density at radius 1 is 0.667 bits per heavy atom. The lowest BCUT2D eigenvalue weighted by atomic mass is 10.3. The van der Waals surface area contributed by atoms with Gasteiger partial charge in [0.25, 0.3) is 0 Å². The van der Waals surface area contributed by atoms with Gasteiger partial charge in [-0.15, -0.1) is 34.4 Å². The highest BCUT2D eigenvalue weighted by atomic mass is 32.2. The molecule has 0 aliphatic carbocycles. The molecule has 0 saturated carbocycles. The maximum absolute atomic E-state index is 7.64. The van der Waals surface area contributed by atoms with Gasteiger partial charge in [-0.3, -0.25) is 5.41 Å². The van der Waals surface area contributed by atoms with Crippen LogP contribution in [0.2, 0.25) is 0 Å². The molecule has 0 aliphatic heterocycles. The number of thioether (sulfide) groups is 1. The first-order chi connectivity index (χ1) is 23.4. The number of nitrogen functional groups attached to an aromatic ring is 1. The summed E-state index contributed by atoms with van der Waals surface area (Å²) in [6.45, 7) is 0. The minimum atomic E-state index is 0.101. The van der Waals surface area contributed by atoms with Crippen molar-refractivity contribution in [3.8, 4) is 23.0 Å². The lowest BCUT2D eigenvalue weighted by Crippen LogP contribution is -2.10. The van der Waals surface area contributed by atoms with Crippen LogP contribution in [0.4, 0.5) is 22.7 Å². The van der Waals surface area contributed by atoms with E-state index >= 15 is 0 Å². The Morgan fingerprint density at radius 2 is 1.29 bits per heavy atom. The van der Waals surface area contributed by atoms with Gasteiger partial charge >= 0.3 is 0 Å². The topological polar surface area (TPSA) is 131 Å². The van der Waals surface area contributed by atoms with Crippen LogP contribution in [0.3, 0.4) is 0 Å². The standard InChI is InChI=1S/2C18H17N3OS2/c1-23-21-18(19)17-11-14(12-24-17)20-13-6-5-9-16(10-13)22-15-7-3-2-4-8-15;1-23-16-15(11-24-17(16)18(19)20)21-12-7-9-14(10-8-12)22-13-5-3-2-4-6-13/h2-12,20H,1H3,(H2,19,21);2-11,21H,1H3,(H3,19,20). The Morgan fingerprint density at radius 3 is 1.92 bits per heavy atom. The molecule has 6 rings (SSSR count). The summed E-state index contributed by atoms with van der Waals surface area (Å²) in [5.41, 5.74) is 15.4. The largest absolute Gasteiger partial charge is 0.457 e. The molecular weight excluding hydrogens is 677 g/mol. The molecule has 7 N–H and O–H groups in total. The molecular formula is C36H34N6O2S4. The van der Waals surface area contributed by atoms with E-state index in [2.05, 4.69) is 15.0 Å². The lowest BCUT2D eigenvalue weighted by Gasteiger charge is -2.09. The van der Waals surface area contributed by atoms with Crippen LogP contribution >= 0.6 is 46.4 Å². The van der Waals surface area contributed by atoms with Crippen molar-refractivity contribution in [2.45, 2.75) is 4.90 Å². The molecule has 12 heteroatoms. The zero-order valence-electron chi connectivity index (χ0n) is 26.2. The summed E-state index contributed by atoms with van der Waals surface area (Å²) in [6.07, 6.45) is 3.87. The average Bonchev–Trinajstić information content (AvgIpc) is 3.74. The number of thiophene rings is 2. The normalized spacial score (nSPS) is 10.8. The molecule has 2 heterocycles. The first-order valence-electron chi connectivity index (χ1n) is 14.6. The highest BCUT2D eigenvalue weighted by Gasteiger charge is 2.13. The maximum atomic E-state index is 7.64. The van der Waals surface area contributed by atoms with Gasteiger partial charge in [-0.2, -0.15) is 4.40 Å². The molecule has 0 radical (unpaired) electrons. The maximum Gasteiger partial charge on any atom is 0.148 e. The van der Waals surface area contributed by atoms with E-state index in [4.69, 9.17) is 26.4 Å². The number of benzene rings is 4. The smallest absolute Gasteiger partial charge is 0.148 e. The van der Waals surface area contributed by atoms with Crippen LogP contribution in [-0.2, 0) is 0 Å². The van der Waals surface area contributed by atoms with Gasteiger partial charge in [0.05, 0.1) is 26.0 Å². The van der Waals surface area contributed by atoms with E-state index in [1.165, 1.54) is 23.3 Å². The van der Waals surface area contributed by atoms with Crippen molar-refractivity contribution in [3.63, 3.8) is 0 Å². The van der Waals surface area contributed by atoms with Gasteiger partial charge in [0, 0.05) is 34.5 Å². The van der Waals surface area contributed by atoms with E-state index in [0.29, 0.717) is 5.84 Å². The molecule has 244 valence electrons. The van der Waals surface area contributed by atoms with Gasteiger partial charge in [0.15, 0.2) is 0 Å². The number of hydrogen-bond donors (Lipinski definition) is 5. The summed E-state index contributed by atoms with van der Waals surface area (Å²) in [4.78, 5) is 2.75. The molecule has 48 heavy (non-hydrogen) atoms. The second-order valence-electron chi connectivity index (χ2n) is 9.92. The summed E-state index contributed by atoms with van der Waals surface area (Å²) in [5.74, 6) is 3.84. The number of anilines is 4. The summed E-state index contributed by atoms with van der Waals surface area (Å²) >= 11 is 5.97. The van der Waals surface area contributed by atoms with Gasteiger partial charge in [-0.25, -0.2) is 0 Å². The summed E-state index contributed by atoms with van der Waals surface area (Å²) in [7, 11) is 0. The van der Waals surface area contributed by atoms with E-state index in [1.54, 1.807) is 23.1 Å². The number of nitrogens with zero attached hydrogens (tertiary/aromatic N) is 1. The molecule has 6 aromatic rings. The predicted octanol–water partition coefficient (Wildman–Crippen LogP) is 10.6. The molecule has 0 atom stereocenters. The van der Waals surface area contributed by atoms with Gasteiger partial charge in [0.2, 0.25) is 0 Å². The molecule has 0 saturated heterocycles. The minimum Gasteiger partial charge on any atom is -0.457 e. The Balaban J connectivity index is 0.000000188. The third-order valence-corrected chi connectivity index (χ3v) is 9.76. The first-order valence-corrected chi connectivity index (χ1v) is 18.7. The summed E-state index contributed by atoms with van der Waals surface area (Å²) < 4.78 is 15.8. The first kappa shape index (κ1) is 34.5. The number of ether oxygens (including phenoxy) is 2. The van der Waals surface area contributed by atoms with Crippen LogP contribution in [0.25, 0.3) is 0 Å². The molecule has 8 nitrogen and oxygen atoms in total. The third kappa shape index (κ3) is 9.81. The monoisotopic (exact) mass is 710 g/mol. The highest BCUT2D eigenvalue weighted by molar-refractivity contribution is 7.99. The molecule has 4 aromatic carbocycles. The fraction of sp³-hybridized carbons (Fsp3) is 0.0556. The van der Waals surface area contributed by atoms with Crippen molar-refractivity contribution in [2.75, 3.05) is 23.1 Å². The van der Waals surface area contributed by atoms with Crippen LogP contribution in [0.15, 0.2) is 135 Å². The molecule has 0 amide bonds. The van der Waals surface area contributed by atoms with Crippen LogP contribution in [0.5, 0.6) is 23.0 Å². The predicted molar refractivity (Wildman–Crippen MR) is 208 cm³/mol. The third-order valence-electron chi connectivity index (χ3n) is 6.45. The van der Waals surface area contributed by atoms with Crippen molar-refractivity contribution in [3.05, 3.63) is 136 Å². The van der Waals surface area contributed by atoms with Crippen LogP contribution in [0.1, 0.15) is 9.75 Å². The lowest BCUT2D eigenvalue weighted by molar-refractivity contribution is 0.482. The summed E-state index contributed by atoms with van der Waals surface area (Å²) in [6, 6.07) is 37.0. The van der Waals surface area contributed by atoms with E-state index in [1.807, 2.05) is 139 Å². The number of hydrogen-bond acceptors (Lipinski definition) is 10. The number of para-hydroxylation sites is 2. The Labute approximate surface area is 296 Å². The zero-order chi connectivity index (χ0) is 33.7. The number of amidine groups is 2. The van der Waals surface area contributed by atoms with E-state index < -0.39 is 0 Å². The zero-order valence-corrected chi connectivity index (χ0v) is 29.4. The molecule has 0 bridgehead atoms. The fourth-order valence-electron chi connectivity index (χ4n) is 4.32. The quantitative estimate of drug-likeness (QED) is 0.0367. The van der Waals surface area contributed by atoms with Gasteiger partial charge in [-0.05, 0) is 84.9 Å². The van der Waals surface area contributed by atoms with Crippen molar-refractivity contribution >= 4 is 80.8 Å². The van der Waals surface area contributed by atoms with Crippen LogP contribution in [0, 0.1) is 5.41 Å². The van der Waals surface area contributed by atoms with Crippen molar-refractivity contribution in [1.29, 1.82) is 5.41 Å². The Bertz CT molecular complexity index is 1940. The van der Waals surface area contributed by atoms with Crippen molar-refractivity contribution in [1.82, 2.24) is 0 Å². The number of nitrogens with one attached hydrogen (secondary N) is 3. The van der Waals surface area contributed by atoms with Gasteiger partial charge < -0.3 is 31.6 Å². The van der Waals surface area contributed by atoms with Crippen molar-refractivity contribution < 1.29 is 9.47 Å². The van der Waals surface area contributed by atoms with E-state index in [9.17, 15) is 0 Å². The Hall–Kier alpha value is -4.88. The molecule has 2 aromatic heterocycles. The molecule has 0 spiro atoms. The number of nitrogens with two attached hydrogens (primary N) is 2. The van der Waals surface area contributed by atoms with Gasteiger partial charge in [-0.1, -0.05) is 42.5 Å². The van der Waals surface area contributed by atoms with E-state index in [0.717, 1.165) is 60.4 Å². The van der Waals surface area contributed by atoms with Crippen molar-refractivity contribution in [2.24, 2.45) is 15.9 Å². The minimum absolute atomic E-state index is 0.101. The van der Waals surface area contributed by atoms with Crippen LogP contribution in [-0.4, -0.2) is 24.2 Å².